The minimum atomic E-state index is -0.311. The summed E-state index contributed by atoms with van der Waals surface area (Å²) < 4.78 is 0.970. The van der Waals surface area contributed by atoms with Gasteiger partial charge in [0.25, 0.3) is 0 Å². The number of Topliss-reactive ketones (excluding diaryl/α,β-unsaturated/α-hetero) is 1. The number of nitrogens with zero attached hydrogens (tertiary/aromatic N) is 1. The zero-order valence-electron chi connectivity index (χ0n) is 12.1. The van der Waals surface area contributed by atoms with Crippen molar-refractivity contribution in [1.82, 2.24) is 4.90 Å². The lowest BCUT2D eigenvalue weighted by atomic mass is 9.90. The van der Waals surface area contributed by atoms with Gasteiger partial charge < -0.3 is 5.11 Å². The summed E-state index contributed by atoms with van der Waals surface area (Å²) in [5.74, 6) is 0.109. The van der Waals surface area contributed by atoms with Crippen molar-refractivity contribution in [2.24, 2.45) is 0 Å². The standard InChI is InChI=1S/C16H22BrNO2/c1-11(16(20)12-7-9-13(17)10-8-12)18(2)14-5-3-4-6-15(14)19/h7-11,14-15,19H,3-6H2,1-2H3. The fraction of sp³-hybridized carbons (Fsp3) is 0.562. The molecule has 4 heteroatoms. The van der Waals surface area contributed by atoms with Crippen molar-refractivity contribution >= 4 is 21.7 Å². The van der Waals surface area contributed by atoms with Crippen molar-refractivity contribution < 1.29 is 9.90 Å². The highest BCUT2D eigenvalue weighted by Crippen LogP contribution is 2.24. The minimum Gasteiger partial charge on any atom is -0.391 e. The number of hydrogen-bond acceptors (Lipinski definition) is 3. The highest BCUT2D eigenvalue weighted by Gasteiger charge is 2.31. The van der Waals surface area contributed by atoms with Crippen LogP contribution in [0, 0.1) is 0 Å². The number of aliphatic hydroxyl groups is 1. The molecule has 20 heavy (non-hydrogen) atoms. The van der Waals surface area contributed by atoms with Gasteiger partial charge in [0.2, 0.25) is 0 Å². The van der Waals surface area contributed by atoms with Crippen LogP contribution in [0.4, 0.5) is 0 Å². The molecule has 2 rings (SSSR count). The van der Waals surface area contributed by atoms with E-state index in [4.69, 9.17) is 0 Å². The Morgan fingerprint density at radius 2 is 1.90 bits per heavy atom. The molecule has 0 heterocycles. The SMILES string of the molecule is CC(C(=O)c1ccc(Br)cc1)N(C)C1CCCCC1O. The molecule has 3 atom stereocenters. The number of halogens is 1. The summed E-state index contributed by atoms with van der Waals surface area (Å²) >= 11 is 3.38. The maximum Gasteiger partial charge on any atom is 0.179 e. The lowest BCUT2D eigenvalue weighted by Crippen LogP contribution is -2.49. The van der Waals surface area contributed by atoms with Crippen molar-refractivity contribution in [3.05, 3.63) is 34.3 Å². The van der Waals surface area contributed by atoms with Crippen molar-refractivity contribution in [3.63, 3.8) is 0 Å². The van der Waals surface area contributed by atoms with E-state index in [-0.39, 0.29) is 24.0 Å². The molecular formula is C16H22BrNO2. The smallest absolute Gasteiger partial charge is 0.179 e. The van der Waals surface area contributed by atoms with Gasteiger partial charge >= 0.3 is 0 Å². The lowest BCUT2D eigenvalue weighted by Gasteiger charge is -2.38. The van der Waals surface area contributed by atoms with Crippen LogP contribution in [-0.2, 0) is 0 Å². The molecule has 0 bridgehead atoms. The van der Waals surface area contributed by atoms with Crippen LogP contribution in [0.3, 0.4) is 0 Å². The number of carbonyl (C=O) groups is 1. The summed E-state index contributed by atoms with van der Waals surface area (Å²) in [4.78, 5) is 14.5. The number of aliphatic hydroxyl groups excluding tert-OH is 1. The first-order valence-corrected chi connectivity index (χ1v) is 8.00. The number of likely N-dealkylation sites (N-methyl/N-ethyl adjacent to an activating group) is 1. The van der Waals surface area contributed by atoms with Crippen molar-refractivity contribution in [1.29, 1.82) is 0 Å². The number of rotatable bonds is 4. The van der Waals surface area contributed by atoms with Gasteiger partial charge in [-0.2, -0.15) is 0 Å². The number of carbonyl (C=O) groups excluding carboxylic acids is 1. The molecule has 3 unspecified atom stereocenters. The Hall–Kier alpha value is -0.710. The van der Waals surface area contributed by atoms with Crippen molar-refractivity contribution in [3.8, 4) is 0 Å². The zero-order valence-corrected chi connectivity index (χ0v) is 13.6. The molecule has 110 valence electrons. The molecule has 1 aromatic rings. The molecule has 3 nitrogen and oxygen atoms in total. The van der Waals surface area contributed by atoms with Crippen LogP contribution >= 0.6 is 15.9 Å². The third-order valence-electron chi connectivity index (χ3n) is 4.34. The summed E-state index contributed by atoms with van der Waals surface area (Å²) in [6, 6.07) is 7.33. The summed E-state index contributed by atoms with van der Waals surface area (Å²) in [6.07, 6.45) is 3.71. The zero-order chi connectivity index (χ0) is 14.7. The fourth-order valence-electron chi connectivity index (χ4n) is 2.89. The van der Waals surface area contributed by atoms with Gasteiger partial charge in [0, 0.05) is 16.1 Å². The molecule has 1 aromatic carbocycles. The number of hydrogen-bond donors (Lipinski definition) is 1. The molecule has 0 saturated heterocycles. The predicted octanol–water partition coefficient (Wildman–Crippen LogP) is 3.26. The summed E-state index contributed by atoms with van der Waals surface area (Å²) in [6.45, 7) is 1.92. The Morgan fingerprint density at radius 1 is 1.30 bits per heavy atom. The molecule has 0 amide bonds. The largest absolute Gasteiger partial charge is 0.391 e. The monoisotopic (exact) mass is 339 g/mol. The third-order valence-corrected chi connectivity index (χ3v) is 4.86. The van der Waals surface area contributed by atoms with Gasteiger partial charge in [-0.3, -0.25) is 9.69 Å². The van der Waals surface area contributed by atoms with E-state index >= 15 is 0 Å². The average Bonchev–Trinajstić information content (AvgIpc) is 2.46. The quantitative estimate of drug-likeness (QED) is 0.856. The fourth-order valence-corrected chi connectivity index (χ4v) is 3.16. The van der Waals surface area contributed by atoms with Gasteiger partial charge in [-0.1, -0.05) is 40.9 Å². The third kappa shape index (κ3) is 3.48. The van der Waals surface area contributed by atoms with Gasteiger partial charge in [0.05, 0.1) is 12.1 Å². The van der Waals surface area contributed by atoms with Crippen LogP contribution in [0.1, 0.15) is 43.0 Å². The van der Waals surface area contributed by atoms with E-state index in [2.05, 4.69) is 15.9 Å². The number of benzene rings is 1. The molecule has 1 aliphatic rings. The topological polar surface area (TPSA) is 40.5 Å². The van der Waals surface area contributed by atoms with Crippen LogP contribution in [0.25, 0.3) is 0 Å². The van der Waals surface area contributed by atoms with E-state index in [0.717, 1.165) is 35.7 Å². The first kappa shape index (κ1) is 15.7. The van der Waals surface area contributed by atoms with Gasteiger partial charge in [0.1, 0.15) is 0 Å². The van der Waals surface area contributed by atoms with Crippen LogP contribution in [0.2, 0.25) is 0 Å². The molecule has 0 aromatic heterocycles. The highest BCUT2D eigenvalue weighted by atomic mass is 79.9. The Kier molecular flexibility index (Phi) is 5.35. The first-order chi connectivity index (χ1) is 9.50. The summed E-state index contributed by atoms with van der Waals surface area (Å²) in [5.41, 5.74) is 0.720. The van der Waals surface area contributed by atoms with Crippen LogP contribution in [-0.4, -0.2) is 41.0 Å². The van der Waals surface area contributed by atoms with Gasteiger partial charge in [-0.05, 0) is 38.9 Å². The van der Waals surface area contributed by atoms with E-state index in [1.165, 1.54) is 0 Å². The van der Waals surface area contributed by atoms with Crippen LogP contribution in [0.15, 0.2) is 28.7 Å². The molecule has 0 aliphatic heterocycles. The Labute approximate surface area is 129 Å². The maximum absolute atomic E-state index is 12.5. The second-order valence-corrected chi connectivity index (χ2v) is 6.55. The van der Waals surface area contributed by atoms with Crippen molar-refractivity contribution in [2.75, 3.05) is 7.05 Å². The van der Waals surface area contributed by atoms with Crippen LogP contribution < -0.4 is 0 Å². The lowest BCUT2D eigenvalue weighted by molar-refractivity contribution is 0.0171. The summed E-state index contributed by atoms with van der Waals surface area (Å²) in [5, 5.41) is 10.1. The molecule has 1 aliphatic carbocycles. The molecule has 0 radical (unpaired) electrons. The highest BCUT2D eigenvalue weighted by molar-refractivity contribution is 9.10. The van der Waals surface area contributed by atoms with E-state index in [1.807, 2.05) is 43.1 Å². The number of ketones is 1. The minimum absolute atomic E-state index is 0.0955. The molecular weight excluding hydrogens is 318 g/mol. The second kappa shape index (κ2) is 6.83. The normalized spacial score (nSPS) is 24.6. The Balaban J connectivity index is 2.07. The maximum atomic E-state index is 12.5. The second-order valence-electron chi connectivity index (χ2n) is 5.63. The van der Waals surface area contributed by atoms with Gasteiger partial charge in [0.15, 0.2) is 5.78 Å². The first-order valence-electron chi connectivity index (χ1n) is 7.20. The Bertz CT molecular complexity index is 460. The van der Waals surface area contributed by atoms with E-state index in [1.54, 1.807) is 0 Å². The van der Waals surface area contributed by atoms with E-state index < -0.39 is 0 Å². The van der Waals surface area contributed by atoms with Gasteiger partial charge in [-0.25, -0.2) is 0 Å². The molecule has 0 spiro atoms. The average molecular weight is 340 g/mol. The summed E-state index contributed by atoms with van der Waals surface area (Å²) in [7, 11) is 1.95. The van der Waals surface area contributed by atoms with E-state index in [9.17, 15) is 9.90 Å². The van der Waals surface area contributed by atoms with Crippen molar-refractivity contribution in [2.45, 2.75) is 50.8 Å². The molecule has 1 N–H and O–H groups in total. The van der Waals surface area contributed by atoms with E-state index in [0.29, 0.717) is 0 Å². The van der Waals surface area contributed by atoms with Crippen LogP contribution in [0.5, 0.6) is 0 Å². The molecule has 1 saturated carbocycles. The predicted molar refractivity (Wildman–Crippen MR) is 84.0 cm³/mol. The Morgan fingerprint density at radius 3 is 2.50 bits per heavy atom. The molecule has 1 fully saturated rings. The van der Waals surface area contributed by atoms with Gasteiger partial charge in [-0.15, -0.1) is 0 Å².